The lowest BCUT2D eigenvalue weighted by molar-refractivity contribution is -0.113. The molecule has 0 fully saturated rings. The summed E-state index contributed by atoms with van der Waals surface area (Å²) in [7, 11) is 3.07. The Hall–Kier alpha value is -3.44. The molecule has 1 aromatic heterocycles. The van der Waals surface area contributed by atoms with E-state index in [1.807, 2.05) is 0 Å². The maximum absolute atomic E-state index is 13.5. The van der Waals surface area contributed by atoms with Crippen molar-refractivity contribution in [3.05, 3.63) is 64.1 Å². The van der Waals surface area contributed by atoms with E-state index in [2.05, 4.69) is 5.32 Å². The number of nitrogens with one attached hydrogen (secondary N) is 1. The number of aromatic nitrogens is 2. The predicted molar refractivity (Wildman–Crippen MR) is 139 cm³/mol. The molecule has 0 bridgehead atoms. The van der Waals surface area contributed by atoms with Gasteiger partial charge in [0, 0.05) is 23.9 Å². The van der Waals surface area contributed by atoms with Gasteiger partial charge in [-0.2, -0.15) is 0 Å². The lowest BCUT2D eigenvalue weighted by Gasteiger charge is -2.17. The number of benzene rings is 2. The van der Waals surface area contributed by atoms with Crippen molar-refractivity contribution in [2.24, 2.45) is 0 Å². The molecule has 11 heteroatoms. The summed E-state index contributed by atoms with van der Waals surface area (Å²) in [4.78, 5) is 43.3. The molecule has 1 aliphatic heterocycles. The summed E-state index contributed by atoms with van der Waals surface area (Å²) in [5.41, 5.74) is 1.97. The molecule has 0 unspecified atom stereocenters. The van der Waals surface area contributed by atoms with Crippen LogP contribution < -0.4 is 20.3 Å². The SMILES string of the molecule is CCOC(=O)c1ccc(NC(=O)CSc2nc3c(c(=O)n2-c2cc(OC)ccc2OC)SCC3)cc1. The van der Waals surface area contributed by atoms with Crippen LogP contribution in [0, 0.1) is 0 Å². The van der Waals surface area contributed by atoms with Gasteiger partial charge in [0.1, 0.15) is 11.5 Å². The first-order chi connectivity index (χ1) is 17.4. The van der Waals surface area contributed by atoms with Crippen LogP contribution in [0.2, 0.25) is 0 Å². The van der Waals surface area contributed by atoms with E-state index in [1.54, 1.807) is 56.5 Å². The number of thioether (sulfide) groups is 2. The molecule has 2 aromatic carbocycles. The number of carbonyl (C=O) groups excluding carboxylic acids is 2. The van der Waals surface area contributed by atoms with Crippen LogP contribution in [0.5, 0.6) is 11.5 Å². The molecule has 0 saturated heterocycles. The van der Waals surface area contributed by atoms with Gasteiger partial charge in [-0.25, -0.2) is 9.78 Å². The fraction of sp³-hybridized carbons (Fsp3) is 0.280. The van der Waals surface area contributed by atoms with Crippen molar-refractivity contribution in [1.29, 1.82) is 0 Å². The first kappa shape index (κ1) is 25.6. The number of amides is 1. The third-order valence-corrected chi connectivity index (χ3v) is 7.35. The van der Waals surface area contributed by atoms with E-state index in [-0.39, 0.29) is 23.8 Å². The topological polar surface area (TPSA) is 109 Å². The first-order valence-electron chi connectivity index (χ1n) is 11.2. The van der Waals surface area contributed by atoms with E-state index in [0.29, 0.717) is 44.9 Å². The zero-order valence-electron chi connectivity index (χ0n) is 20.0. The molecule has 9 nitrogen and oxygen atoms in total. The second-order valence-electron chi connectivity index (χ2n) is 7.58. The number of ether oxygens (including phenoxy) is 3. The number of methoxy groups -OCH3 is 2. The zero-order valence-corrected chi connectivity index (χ0v) is 21.7. The van der Waals surface area contributed by atoms with Crippen LogP contribution in [0.3, 0.4) is 0 Å². The van der Waals surface area contributed by atoms with Crippen molar-refractivity contribution in [3.8, 4) is 17.2 Å². The number of anilines is 1. The second-order valence-corrected chi connectivity index (χ2v) is 9.63. The smallest absolute Gasteiger partial charge is 0.338 e. The molecule has 2 heterocycles. The molecule has 36 heavy (non-hydrogen) atoms. The number of carbonyl (C=O) groups is 2. The van der Waals surface area contributed by atoms with Gasteiger partial charge < -0.3 is 19.5 Å². The summed E-state index contributed by atoms with van der Waals surface area (Å²) in [6, 6.07) is 11.6. The van der Waals surface area contributed by atoms with E-state index in [4.69, 9.17) is 19.2 Å². The summed E-state index contributed by atoms with van der Waals surface area (Å²) in [5, 5.41) is 3.19. The number of nitrogens with zero attached hydrogens (tertiary/aromatic N) is 2. The lowest BCUT2D eigenvalue weighted by Crippen LogP contribution is -2.25. The zero-order chi connectivity index (χ0) is 25.7. The Kier molecular flexibility index (Phi) is 8.21. The van der Waals surface area contributed by atoms with Gasteiger partial charge in [-0.15, -0.1) is 11.8 Å². The summed E-state index contributed by atoms with van der Waals surface area (Å²) in [6.45, 7) is 2.03. The fourth-order valence-corrected chi connectivity index (χ4v) is 5.45. The molecular weight excluding hydrogens is 502 g/mol. The van der Waals surface area contributed by atoms with E-state index in [0.717, 1.165) is 23.2 Å². The molecule has 0 saturated carbocycles. The van der Waals surface area contributed by atoms with Crippen molar-refractivity contribution in [1.82, 2.24) is 9.55 Å². The van der Waals surface area contributed by atoms with Crippen LogP contribution in [-0.2, 0) is 16.0 Å². The predicted octanol–water partition coefficient (Wildman–Crippen LogP) is 3.81. The van der Waals surface area contributed by atoms with Gasteiger partial charge in [0.05, 0.1) is 48.4 Å². The maximum Gasteiger partial charge on any atom is 0.338 e. The van der Waals surface area contributed by atoms with E-state index < -0.39 is 5.97 Å². The lowest BCUT2D eigenvalue weighted by atomic mass is 10.2. The monoisotopic (exact) mass is 527 g/mol. The van der Waals surface area contributed by atoms with Crippen LogP contribution in [0.15, 0.2) is 57.3 Å². The molecule has 3 aromatic rings. The van der Waals surface area contributed by atoms with Crippen LogP contribution in [0.4, 0.5) is 5.69 Å². The fourth-order valence-electron chi connectivity index (χ4n) is 3.60. The van der Waals surface area contributed by atoms with E-state index >= 15 is 0 Å². The van der Waals surface area contributed by atoms with Gasteiger partial charge in [-0.1, -0.05) is 11.8 Å². The number of hydrogen-bond donors (Lipinski definition) is 1. The van der Waals surface area contributed by atoms with Crippen LogP contribution in [-0.4, -0.2) is 53.8 Å². The molecule has 1 N–H and O–H groups in total. The highest BCUT2D eigenvalue weighted by Gasteiger charge is 2.24. The normalized spacial score (nSPS) is 12.1. The number of fused-ring (bicyclic) bond motifs is 1. The number of aryl methyl sites for hydroxylation is 1. The number of esters is 1. The van der Waals surface area contributed by atoms with Gasteiger partial charge in [-0.05, 0) is 43.3 Å². The molecule has 0 radical (unpaired) electrons. The molecule has 1 amide bonds. The molecule has 188 valence electrons. The molecule has 4 rings (SSSR count). The minimum Gasteiger partial charge on any atom is -0.497 e. The Balaban J connectivity index is 1.58. The third kappa shape index (κ3) is 5.52. The van der Waals surface area contributed by atoms with Crippen molar-refractivity contribution in [3.63, 3.8) is 0 Å². The van der Waals surface area contributed by atoms with Crippen molar-refractivity contribution in [2.45, 2.75) is 23.4 Å². The summed E-state index contributed by atoms with van der Waals surface area (Å²) in [6.07, 6.45) is 0.692. The van der Waals surface area contributed by atoms with Gasteiger partial charge in [0.15, 0.2) is 5.16 Å². The second kappa shape index (κ2) is 11.5. The van der Waals surface area contributed by atoms with Crippen molar-refractivity contribution >= 4 is 41.1 Å². The third-order valence-electron chi connectivity index (χ3n) is 5.31. The van der Waals surface area contributed by atoms with E-state index in [9.17, 15) is 14.4 Å². The Labute approximate surface area is 216 Å². The van der Waals surface area contributed by atoms with Crippen molar-refractivity contribution < 1.29 is 23.8 Å². The first-order valence-corrected chi connectivity index (χ1v) is 13.1. The van der Waals surface area contributed by atoms with Gasteiger partial charge in [-0.3, -0.25) is 14.2 Å². The highest BCUT2D eigenvalue weighted by atomic mass is 32.2. The van der Waals surface area contributed by atoms with Crippen LogP contribution in [0.25, 0.3) is 5.69 Å². The Morgan fingerprint density at radius 3 is 2.61 bits per heavy atom. The standard InChI is InChI=1S/C25H25N3O6S2/c1-4-34-24(31)15-5-7-16(8-6-15)26-21(29)14-36-25-27-18-11-12-35-22(18)23(30)28(25)19-13-17(32-2)9-10-20(19)33-3/h5-10,13H,4,11-12,14H2,1-3H3,(H,26,29). The van der Waals surface area contributed by atoms with Gasteiger partial charge in [0.2, 0.25) is 5.91 Å². The molecule has 1 aliphatic rings. The Morgan fingerprint density at radius 1 is 1.14 bits per heavy atom. The minimum atomic E-state index is -0.419. The Morgan fingerprint density at radius 2 is 1.92 bits per heavy atom. The van der Waals surface area contributed by atoms with Crippen LogP contribution in [0.1, 0.15) is 23.0 Å². The highest BCUT2D eigenvalue weighted by Crippen LogP contribution is 2.33. The molecule has 0 aliphatic carbocycles. The summed E-state index contributed by atoms with van der Waals surface area (Å²) < 4.78 is 17.3. The van der Waals surface area contributed by atoms with Gasteiger partial charge in [0.25, 0.3) is 5.56 Å². The quantitative estimate of drug-likeness (QED) is 0.252. The average Bonchev–Trinajstić information content (AvgIpc) is 3.37. The van der Waals surface area contributed by atoms with E-state index in [1.165, 1.54) is 23.4 Å². The van der Waals surface area contributed by atoms with Crippen LogP contribution >= 0.6 is 23.5 Å². The minimum absolute atomic E-state index is 0.0181. The summed E-state index contributed by atoms with van der Waals surface area (Å²) >= 11 is 2.64. The largest absolute Gasteiger partial charge is 0.497 e. The summed E-state index contributed by atoms with van der Waals surface area (Å²) in [5.74, 6) is 1.14. The molecule has 0 spiro atoms. The molecular formula is C25H25N3O6S2. The average molecular weight is 528 g/mol. The maximum atomic E-state index is 13.5. The number of hydrogen-bond acceptors (Lipinski definition) is 9. The van der Waals surface area contributed by atoms with Crippen molar-refractivity contribution in [2.75, 3.05) is 37.6 Å². The number of rotatable bonds is 9. The Bertz CT molecular complexity index is 1340. The van der Waals surface area contributed by atoms with Gasteiger partial charge >= 0.3 is 5.97 Å². The molecule has 0 atom stereocenters. The highest BCUT2D eigenvalue weighted by molar-refractivity contribution is 8.00.